The molecule has 0 aliphatic heterocycles. The average molecular weight is 224 g/mol. The highest BCUT2D eigenvalue weighted by Gasteiger charge is 2.00. The average Bonchev–Trinajstić information content (AvgIpc) is 2.31. The lowest BCUT2D eigenvalue weighted by Crippen LogP contribution is -2.00. The van der Waals surface area contributed by atoms with Crippen molar-refractivity contribution in [1.82, 2.24) is 0 Å². The lowest BCUT2D eigenvalue weighted by atomic mass is 10.2. The summed E-state index contributed by atoms with van der Waals surface area (Å²) in [5, 5.41) is 21.5. The number of hydrogen-bond acceptors (Lipinski definition) is 3. The van der Waals surface area contributed by atoms with Crippen LogP contribution in [0.15, 0.2) is 29.5 Å². The van der Waals surface area contributed by atoms with Gasteiger partial charge in [-0.05, 0) is 30.7 Å². The Labute approximate surface area is 94.5 Å². The Hall–Kier alpha value is -1.78. The van der Waals surface area contributed by atoms with Crippen molar-refractivity contribution in [3.05, 3.63) is 35.0 Å². The van der Waals surface area contributed by atoms with E-state index >= 15 is 0 Å². The minimum absolute atomic E-state index is 0.0335. The molecule has 0 bridgehead atoms. The summed E-state index contributed by atoms with van der Waals surface area (Å²) in [4.78, 5) is 0.215. The lowest BCUT2D eigenvalue weighted by Gasteiger charge is -2.05. The molecule has 0 spiro atoms. The van der Waals surface area contributed by atoms with Crippen molar-refractivity contribution in [1.29, 1.82) is 0 Å². The monoisotopic (exact) mass is 224 g/mol. The van der Waals surface area contributed by atoms with Gasteiger partial charge in [-0.2, -0.15) is 0 Å². The molecule has 0 atom stereocenters. The molecule has 1 rings (SSSR count). The molecule has 0 aromatic heterocycles. The van der Waals surface area contributed by atoms with Gasteiger partial charge in [-0.15, -0.1) is 0 Å². The molecule has 16 heavy (non-hydrogen) atoms. The van der Waals surface area contributed by atoms with Crippen molar-refractivity contribution in [2.24, 2.45) is 5.28 Å². The first kappa shape index (κ1) is 12.3. The minimum atomic E-state index is 0.0335. The summed E-state index contributed by atoms with van der Waals surface area (Å²) >= 11 is 0. The van der Waals surface area contributed by atoms with Gasteiger partial charge in [0.15, 0.2) is 5.28 Å². The van der Waals surface area contributed by atoms with Gasteiger partial charge < -0.3 is 15.2 Å². The van der Waals surface area contributed by atoms with Crippen molar-refractivity contribution in [2.75, 3.05) is 6.61 Å². The Morgan fingerprint density at radius 2 is 2.06 bits per heavy atom. The van der Waals surface area contributed by atoms with Gasteiger partial charge in [-0.1, -0.05) is 18.2 Å². The van der Waals surface area contributed by atoms with E-state index in [9.17, 15) is 5.21 Å². The standard InChI is InChI=1S/C11H16N2O3/c1-2-3-8-16-11-6-4-10(5-7-11)9-13(15)12-14/h4-7,14H,2-3,8-9H2,1H3. The van der Waals surface area contributed by atoms with Crippen LogP contribution >= 0.6 is 0 Å². The summed E-state index contributed by atoms with van der Waals surface area (Å²) in [5.41, 5.74) is 0.774. The highest BCUT2D eigenvalue weighted by molar-refractivity contribution is 5.26. The van der Waals surface area contributed by atoms with Crippen LogP contribution in [0.3, 0.4) is 0 Å². The Balaban J connectivity index is 2.47. The van der Waals surface area contributed by atoms with Crippen LogP contribution in [0.25, 0.3) is 0 Å². The minimum Gasteiger partial charge on any atom is -0.597 e. The van der Waals surface area contributed by atoms with E-state index in [-0.39, 0.29) is 11.4 Å². The molecule has 0 radical (unpaired) electrons. The van der Waals surface area contributed by atoms with Crippen LogP contribution in [0.2, 0.25) is 0 Å². The van der Waals surface area contributed by atoms with Gasteiger partial charge in [-0.25, -0.2) is 0 Å². The summed E-state index contributed by atoms with van der Waals surface area (Å²) in [6, 6.07) is 7.15. The number of unbranched alkanes of at least 4 members (excludes halogenated alkanes) is 1. The largest absolute Gasteiger partial charge is 0.597 e. The molecule has 0 unspecified atom stereocenters. The Morgan fingerprint density at radius 3 is 2.62 bits per heavy atom. The van der Waals surface area contributed by atoms with Crippen LogP contribution in [-0.2, 0) is 6.54 Å². The van der Waals surface area contributed by atoms with E-state index in [2.05, 4.69) is 12.2 Å². The van der Waals surface area contributed by atoms with E-state index in [1.807, 2.05) is 0 Å². The first-order chi connectivity index (χ1) is 7.76. The molecule has 0 amide bonds. The van der Waals surface area contributed by atoms with Crippen LogP contribution in [0.4, 0.5) is 0 Å². The van der Waals surface area contributed by atoms with E-state index in [0.717, 1.165) is 24.2 Å². The zero-order valence-electron chi connectivity index (χ0n) is 9.30. The Bertz CT molecular complexity index is 336. The van der Waals surface area contributed by atoms with Crippen molar-refractivity contribution in [3.63, 3.8) is 0 Å². The van der Waals surface area contributed by atoms with Gasteiger partial charge in [0, 0.05) is 5.56 Å². The first-order valence-corrected chi connectivity index (χ1v) is 5.27. The smallest absolute Gasteiger partial charge is 0.209 e. The number of benzene rings is 1. The quantitative estimate of drug-likeness (QED) is 0.349. The summed E-state index contributed by atoms with van der Waals surface area (Å²) in [7, 11) is 0. The second-order valence-corrected chi connectivity index (χ2v) is 3.45. The third kappa shape index (κ3) is 4.16. The summed E-state index contributed by atoms with van der Waals surface area (Å²) in [6.07, 6.45) is 2.13. The van der Waals surface area contributed by atoms with Crippen LogP contribution in [0.1, 0.15) is 25.3 Å². The molecule has 5 nitrogen and oxygen atoms in total. The number of ether oxygens (including phenoxy) is 1. The molecular weight excluding hydrogens is 208 g/mol. The molecule has 1 N–H and O–H groups in total. The molecule has 88 valence electrons. The second-order valence-electron chi connectivity index (χ2n) is 3.45. The zero-order valence-corrected chi connectivity index (χ0v) is 9.30. The van der Waals surface area contributed by atoms with Crippen molar-refractivity contribution in [2.45, 2.75) is 26.3 Å². The zero-order chi connectivity index (χ0) is 11.8. The number of nitrogens with zero attached hydrogens (tertiary/aromatic N) is 2. The fourth-order valence-corrected chi connectivity index (χ4v) is 1.21. The van der Waals surface area contributed by atoms with Crippen molar-refractivity contribution >= 4 is 0 Å². The molecule has 0 saturated carbocycles. The third-order valence-corrected chi connectivity index (χ3v) is 2.11. The van der Waals surface area contributed by atoms with Crippen LogP contribution in [-0.4, -0.2) is 16.7 Å². The molecule has 0 aliphatic carbocycles. The second kappa shape index (κ2) is 6.66. The van der Waals surface area contributed by atoms with Crippen LogP contribution in [0, 0.1) is 5.21 Å². The van der Waals surface area contributed by atoms with Crippen LogP contribution in [0.5, 0.6) is 5.75 Å². The topological polar surface area (TPSA) is 67.9 Å². The summed E-state index contributed by atoms with van der Waals surface area (Å²) in [6.45, 7) is 2.84. The maximum atomic E-state index is 10.7. The SMILES string of the molecule is CCCCOc1ccc(C[N+]([O-])=NO)cc1. The number of rotatable bonds is 6. The summed E-state index contributed by atoms with van der Waals surface area (Å²) < 4.78 is 5.47. The van der Waals surface area contributed by atoms with Crippen molar-refractivity contribution < 1.29 is 14.8 Å². The third-order valence-electron chi connectivity index (χ3n) is 2.11. The predicted molar refractivity (Wildman–Crippen MR) is 58.4 cm³/mol. The van der Waals surface area contributed by atoms with E-state index in [1.165, 1.54) is 0 Å². The fraction of sp³-hybridized carbons (Fsp3) is 0.455. The van der Waals surface area contributed by atoms with Gasteiger partial charge in [0.2, 0.25) is 6.54 Å². The van der Waals surface area contributed by atoms with E-state index in [0.29, 0.717) is 6.61 Å². The normalized spacial score (nSPS) is 11.4. The lowest BCUT2D eigenvalue weighted by molar-refractivity contribution is -0.570. The number of hydroxylamine groups is 1. The maximum Gasteiger partial charge on any atom is 0.209 e. The highest BCUT2D eigenvalue weighted by atomic mass is 16.6. The van der Waals surface area contributed by atoms with Crippen molar-refractivity contribution in [3.8, 4) is 5.75 Å². The molecule has 0 heterocycles. The van der Waals surface area contributed by atoms with Gasteiger partial charge in [-0.3, -0.25) is 0 Å². The molecule has 1 aromatic rings. The molecule has 0 aliphatic rings. The predicted octanol–water partition coefficient (Wildman–Crippen LogP) is 2.72. The highest BCUT2D eigenvalue weighted by Crippen LogP contribution is 2.13. The maximum absolute atomic E-state index is 10.7. The van der Waals surface area contributed by atoms with Crippen LogP contribution < -0.4 is 4.74 Å². The number of hydrogen-bond donors (Lipinski definition) is 1. The molecule has 0 fully saturated rings. The molecule has 1 aromatic carbocycles. The fourth-order valence-electron chi connectivity index (χ4n) is 1.21. The first-order valence-electron chi connectivity index (χ1n) is 5.27. The molecule has 0 saturated heterocycles. The van der Waals surface area contributed by atoms with Gasteiger partial charge >= 0.3 is 0 Å². The molecular formula is C11H16N2O3. The van der Waals surface area contributed by atoms with E-state index in [1.54, 1.807) is 24.3 Å². The van der Waals surface area contributed by atoms with Gasteiger partial charge in [0.25, 0.3) is 0 Å². The Kier molecular flexibility index (Phi) is 5.11. The van der Waals surface area contributed by atoms with E-state index in [4.69, 9.17) is 9.94 Å². The molecule has 5 heteroatoms. The van der Waals surface area contributed by atoms with Gasteiger partial charge in [0.1, 0.15) is 5.75 Å². The Morgan fingerprint density at radius 1 is 1.38 bits per heavy atom. The van der Waals surface area contributed by atoms with Gasteiger partial charge in [0.05, 0.1) is 6.61 Å². The summed E-state index contributed by atoms with van der Waals surface area (Å²) in [5.74, 6) is 0.788. The van der Waals surface area contributed by atoms with E-state index < -0.39 is 0 Å².